The van der Waals surface area contributed by atoms with Crippen LogP contribution in [0.25, 0.3) is 0 Å². The summed E-state index contributed by atoms with van der Waals surface area (Å²) in [5, 5.41) is 21.9. The number of nitrogens with one attached hydrogen (secondary N) is 1. The van der Waals surface area contributed by atoms with Crippen molar-refractivity contribution in [3.63, 3.8) is 0 Å². The summed E-state index contributed by atoms with van der Waals surface area (Å²) in [6.45, 7) is 1.92. The van der Waals surface area contributed by atoms with E-state index in [1.165, 1.54) is 36.4 Å². The molecular formula is C24H21NO5. The van der Waals surface area contributed by atoms with Gasteiger partial charge >= 0.3 is 5.97 Å². The van der Waals surface area contributed by atoms with Gasteiger partial charge in [0.25, 0.3) is 0 Å². The Kier molecular flexibility index (Phi) is 6.27. The average molecular weight is 403 g/mol. The molecular weight excluding hydrogens is 382 g/mol. The standard InChI is InChI=1S/C24H21NO5/c1-2-4-22(27)17-11-12-20(21(13-17)25-18-5-3-6-19(26)14-18)23(28)15-7-9-16(10-8-15)24(29)30/h3,5-14,25-26H,2,4H2,1H3,(H,29,30). The molecule has 3 aromatic rings. The second-order valence-corrected chi connectivity index (χ2v) is 6.82. The summed E-state index contributed by atoms with van der Waals surface area (Å²) in [5.74, 6) is -1.35. The summed E-state index contributed by atoms with van der Waals surface area (Å²) in [7, 11) is 0. The number of carboxylic acid groups (broad SMARTS) is 1. The largest absolute Gasteiger partial charge is 0.508 e. The summed E-state index contributed by atoms with van der Waals surface area (Å²) < 4.78 is 0. The number of anilines is 2. The van der Waals surface area contributed by atoms with Crippen LogP contribution in [0.5, 0.6) is 5.75 Å². The van der Waals surface area contributed by atoms with Crippen LogP contribution in [-0.4, -0.2) is 27.7 Å². The van der Waals surface area contributed by atoms with Crippen molar-refractivity contribution < 1.29 is 24.6 Å². The van der Waals surface area contributed by atoms with E-state index in [0.29, 0.717) is 40.9 Å². The molecule has 0 amide bonds. The summed E-state index contributed by atoms with van der Waals surface area (Å²) >= 11 is 0. The molecule has 0 aromatic heterocycles. The van der Waals surface area contributed by atoms with Gasteiger partial charge in [-0.3, -0.25) is 9.59 Å². The SMILES string of the molecule is CCCC(=O)c1ccc(C(=O)c2ccc(C(=O)O)cc2)c(Nc2cccc(O)c2)c1. The van der Waals surface area contributed by atoms with Gasteiger partial charge in [0.2, 0.25) is 0 Å². The lowest BCUT2D eigenvalue weighted by molar-refractivity contribution is 0.0696. The molecule has 0 saturated carbocycles. The highest BCUT2D eigenvalue weighted by Gasteiger charge is 2.17. The normalized spacial score (nSPS) is 10.4. The van der Waals surface area contributed by atoms with Crippen molar-refractivity contribution in [2.45, 2.75) is 19.8 Å². The van der Waals surface area contributed by atoms with Crippen LogP contribution < -0.4 is 5.32 Å². The predicted octanol–water partition coefficient (Wildman–Crippen LogP) is 5.05. The highest BCUT2D eigenvalue weighted by Crippen LogP contribution is 2.27. The molecule has 0 heterocycles. The van der Waals surface area contributed by atoms with Gasteiger partial charge in [0, 0.05) is 34.9 Å². The molecule has 6 heteroatoms. The number of phenols is 1. The molecule has 152 valence electrons. The Balaban J connectivity index is 2.02. The first-order valence-electron chi connectivity index (χ1n) is 9.50. The molecule has 0 aliphatic rings. The van der Waals surface area contributed by atoms with E-state index >= 15 is 0 Å². The van der Waals surface area contributed by atoms with E-state index in [2.05, 4.69) is 5.32 Å². The molecule has 0 spiro atoms. The van der Waals surface area contributed by atoms with Crippen molar-refractivity contribution in [2.24, 2.45) is 0 Å². The van der Waals surface area contributed by atoms with Gasteiger partial charge in [0.05, 0.1) is 11.3 Å². The minimum absolute atomic E-state index is 0.0266. The van der Waals surface area contributed by atoms with E-state index in [0.717, 1.165) is 0 Å². The van der Waals surface area contributed by atoms with Gasteiger partial charge in [0.1, 0.15) is 5.75 Å². The van der Waals surface area contributed by atoms with Gasteiger partial charge in [-0.15, -0.1) is 0 Å². The fourth-order valence-electron chi connectivity index (χ4n) is 3.05. The van der Waals surface area contributed by atoms with Crippen LogP contribution in [-0.2, 0) is 0 Å². The monoisotopic (exact) mass is 403 g/mol. The van der Waals surface area contributed by atoms with Crippen LogP contribution in [0.4, 0.5) is 11.4 Å². The average Bonchev–Trinajstić information content (AvgIpc) is 2.73. The van der Waals surface area contributed by atoms with E-state index in [1.54, 1.807) is 30.3 Å². The molecule has 30 heavy (non-hydrogen) atoms. The summed E-state index contributed by atoms with van der Waals surface area (Å²) in [4.78, 5) is 36.5. The molecule has 0 aliphatic heterocycles. The number of ketones is 2. The summed E-state index contributed by atoms with van der Waals surface area (Å²) in [5.41, 5.74) is 2.21. The number of carboxylic acids is 1. The minimum atomic E-state index is -1.07. The van der Waals surface area contributed by atoms with Gasteiger partial charge in [-0.25, -0.2) is 4.79 Å². The van der Waals surface area contributed by atoms with Crippen LogP contribution in [0.15, 0.2) is 66.7 Å². The lowest BCUT2D eigenvalue weighted by Gasteiger charge is -2.14. The van der Waals surface area contributed by atoms with Gasteiger partial charge in [-0.2, -0.15) is 0 Å². The maximum atomic E-state index is 13.1. The fraction of sp³-hybridized carbons (Fsp3) is 0.125. The van der Waals surface area contributed by atoms with Gasteiger partial charge in [0.15, 0.2) is 11.6 Å². The summed E-state index contributed by atoms with van der Waals surface area (Å²) in [6, 6.07) is 16.9. The third kappa shape index (κ3) is 4.72. The number of rotatable bonds is 8. The Morgan fingerprint density at radius 3 is 2.17 bits per heavy atom. The fourth-order valence-corrected chi connectivity index (χ4v) is 3.05. The highest BCUT2D eigenvalue weighted by molar-refractivity contribution is 6.13. The van der Waals surface area contributed by atoms with Crippen molar-refractivity contribution in [2.75, 3.05) is 5.32 Å². The van der Waals surface area contributed by atoms with E-state index in [1.807, 2.05) is 6.92 Å². The first-order valence-corrected chi connectivity index (χ1v) is 9.50. The zero-order chi connectivity index (χ0) is 21.7. The number of Topliss-reactive ketones (excluding diaryl/α,β-unsaturated/α-hetero) is 1. The number of benzene rings is 3. The second kappa shape index (κ2) is 9.05. The molecule has 0 aliphatic carbocycles. The van der Waals surface area contributed by atoms with E-state index in [4.69, 9.17) is 5.11 Å². The topological polar surface area (TPSA) is 104 Å². The minimum Gasteiger partial charge on any atom is -0.508 e. The van der Waals surface area contributed by atoms with Crippen LogP contribution in [0.2, 0.25) is 0 Å². The van der Waals surface area contributed by atoms with E-state index in [9.17, 15) is 19.5 Å². The Bertz CT molecular complexity index is 1100. The highest BCUT2D eigenvalue weighted by atomic mass is 16.4. The molecule has 0 radical (unpaired) electrons. The van der Waals surface area contributed by atoms with Crippen molar-refractivity contribution in [1.29, 1.82) is 0 Å². The number of carbonyl (C=O) groups excluding carboxylic acids is 2. The van der Waals surface area contributed by atoms with Crippen LogP contribution >= 0.6 is 0 Å². The Hall–Kier alpha value is -3.93. The lowest BCUT2D eigenvalue weighted by Crippen LogP contribution is -2.08. The maximum Gasteiger partial charge on any atom is 0.335 e. The molecule has 3 rings (SSSR count). The lowest BCUT2D eigenvalue weighted by atomic mass is 9.97. The Morgan fingerprint density at radius 1 is 0.867 bits per heavy atom. The summed E-state index contributed by atoms with van der Waals surface area (Å²) in [6.07, 6.45) is 1.11. The quantitative estimate of drug-likeness (QED) is 0.455. The molecule has 0 fully saturated rings. The van der Waals surface area contributed by atoms with Gasteiger partial charge < -0.3 is 15.5 Å². The van der Waals surface area contributed by atoms with Crippen LogP contribution in [0, 0.1) is 0 Å². The molecule has 0 bridgehead atoms. The molecule has 3 N–H and O–H groups in total. The zero-order valence-corrected chi connectivity index (χ0v) is 16.4. The Labute approximate surface area is 173 Å². The molecule has 0 saturated heterocycles. The number of hydrogen-bond acceptors (Lipinski definition) is 5. The molecule has 0 atom stereocenters. The Morgan fingerprint density at radius 2 is 1.53 bits per heavy atom. The van der Waals surface area contributed by atoms with Gasteiger partial charge in [-0.1, -0.05) is 31.2 Å². The second-order valence-electron chi connectivity index (χ2n) is 6.82. The van der Waals surface area contributed by atoms with Crippen molar-refractivity contribution >= 4 is 28.9 Å². The number of phenolic OH excluding ortho intramolecular Hbond substituents is 1. The zero-order valence-electron chi connectivity index (χ0n) is 16.4. The predicted molar refractivity (Wildman–Crippen MR) is 114 cm³/mol. The third-order valence-corrected chi connectivity index (χ3v) is 4.58. The van der Waals surface area contributed by atoms with Gasteiger partial charge in [-0.05, 0) is 42.8 Å². The van der Waals surface area contributed by atoms with Crippen LogP contribution in [0.3, 0.4) is 0 Å². The molecule has 3 aromatic carbocycles. The molecule has 6 nitrogen and oxygen atoms in total. The van der Waals surface area contributed by atoms with Crippen molar-refractivity contribution in [3.8, 4) is 5.75 Å². The smallest absolute Gasteiger partial charge is 0.335 e. The number of carbonyl (C=O) groups is 3. The van der Waals surface area contributed by atoms with Crippen LogP contribution in [0.1, 0.15) is 56.4 Å². The number of hydrogen-bond donors (Lipinski definition) is 3. The first-order chi connectivity index (χ1) is 14.4. The van der Waals surface area contributed by atoms with Crippen molar-refractivity contribution in [3.05, 3.63) is 89.0 Å². The molecule has 0 unspecified atom stereocenters. The number of aromatic carboxylic acids is 1. The van der Waals surface area contributed by atoms with E-state index < -0.39 is 5.97 Å². The van der Waals surface area contributed by atoms with E-state index in [-0.39, 0.29) is 22.9 Å². The van der Waals surface area contributed by atoms with Crippen molar-refractivity contribution in [1.82, 2.24) is 0 Å². The first kappa shape index (κ1) is 20.8. The maximum absolute atomic E-state index is 13.1. The number of aromatic hydroxyl groups is 1. The third-order valence-electron chi connectivity index (χ3n) is 4.58.